The largest absolute Gasteiger partial charge is 0.317 e. The molecule has 0 aromatic heterocycles. The van der Waals surface area contributed by atoms with Crippen LogP contribution in [-0.4, -0.2) is 11.2 Å². The number of hydrogen-bond acceptors (Lipinski definition) is 2. The van der Waals surface area contributed by atoms with E-state index in [4.69, 9.17) is 5.21 Å². The average Bonchev–Trinajstić information content (AvgIpc) is 2.06. The fourth-order valence-electron chi connectivity index (χ4n) is 1.73. The van der Waals surface area contributed by atoms with Crippen LogP contribution in [0.2, 0.25) is 0 Å². The summed E-state index contributed by atoms with van der Waals surface area (Å²) in [5.74, 6) is 0.623. The van der Waals surface area contributed by atoms with Gasteiger partial charge >= 0.3 is 0 Å². The average molecular weight is 242 g/mol. The molecule has 0 unspecified atom stereocenters. The molecule has 2 rings (SSSR count). The number of nitrogens with one attached hydrogen (secondary N) is 1. The van der Waals surface area contributed by atoms with Gasteiger partial charge in [0.25, 0.3) is 0 Å². The topological polar surface area (TPSA) is 32.3 Å². The predicted octanol–water partition coefficient (Wildman–Crippen LogP) is 2.67. The van der Waals surface area contributed by atoms with E-state index < -0.39 is 0 Å². The van der Waals surface area contributed by atoms with E-state index in [9.17, 15) is 0 Å². The Labute approximate surface area is 86.1 Å². The SMILES string of the molecule is ONC1CC(c2ccc(Br)cc2)C1. The third kappa shape index (κ3) is 1.93. The smallest absolute Gasteiger partial charge is 0.0331 e. The Morgan fingerprint density at radius 1 is 1.23 bits per heavy atom. The van der Waals surface area contributed by atoms with Gasteiger partial charge in [-0.15, -0.1) is 0 Å². The van der Waals surface area contributed by atoms with Crippen molar-refractivity contribution in [2.45, 2.75) is 24.8 Å². The summed E-state index contributed by atoms with van der Waals surface area (Å²) < 4.78 is 1.12. The molecule has 0 spiro atoms. The highest BCUT2D eigenvalue weighted by molar-refractivity contribution is 9.10. The fourth-order valence-corrected chi connectivity index (χ4v) is 1.99. The van der Waals surface area contributed by atoms with Crippen LogP contribution in [-0.2, 0) is 0 Å². The van der Waals surface area contributed by atoms with E-state index in [-0.39, 0.29) is 0 Å². The van der Waals surface area contributed by atoms with E-state index in [1.54, 1.807) is 0 Å². The number of rotatable bonds is 2. The molecule has 0 heterocycles. The molecular weight excluding hydrogens is 230 g/mol. The Balaban J connectivity index is 1.99. The molecule has 1 aromatic rings. The molecule has 1 aliphatic carbocycles. The summed E-state index contributed by atoms with van der Waals surface area (Å²) in [6.45, 7) is 0. The molecule has 3 heteroatoms. The summed E-state index contributed by atoms with van der Waals surface area (Å²) >= 11 is 3.41. The molecule has 0 saturated heterocycles. The predicted molar refractivity (Wildman–Crippen MR) is 54.8 cm³/mol. The van der Waals surface area contributed by atoms with Crippen molar-refractivity contribution in [2.75, 3.05) is 0 Å². The second-order valence-corrected chi connectivity index (χ2v) is 4.46. The fraction of sp³-hybridized carbons (Fsp3) is 0.400. The number of hydroxylamine groups is 1. The van der Waals surface area contributed by atoms with E-state index in [0.29, 0.717) is 12.0 Å². The van der Waals surface area contributed by atoms with E-state index >= 15 is 0 Å². The number of benzene rings is 1. The van der Waals surface area contributed by atoms with Crippen molar-refractivity contribution >= 4 is 15.9 Å². The summed E-state index contributed by atoms with van der Waals surface area (Å²) in [5.41, 5.74) is 3.67. The second kappa shape index (κ2) is 3.78. The van der Waals surface area contributed by atoms with Gasteiger partial charge in [-0.1, -0.05) is 28.1 Å². The summed E-state index contributed by atoms with van der Waals surface area (Å²) in [7, 11) is 0. The molecule has 0 aliphatic heterocycles. The third-order valence-electron chi connectivity index (χ3n) is 2.66. The normalized spacial score (nSPS) is 26.9. The van der Waals surface area contributed by atoms with E-state index in [1.165, 1.54) is 5.56 Å². The first-order chi connectivity index (χ1) is 6.29. The van der Waals surface area contributed by atoms with Gasteiger partial charge in [-0.25, -0.2) is 5.48 Å². The van der Waals surface area contributed by atoms with Gasteiger partial charge in [-0.3, -0.25) is 0 Å². The zero-order valence-corrected chi connectivity index (χ0v) is 8.79. The van der Waals surface area contributed by atoms with E-state index in [1.807, 2.05) is 0 Å². The zero-order valence-electron chi connectivity index (χ0n) is 7.20. The molecule has 0 amide bonds. The Hall–Kier alpha value is -0.380. The summed E-state index contributed by atoms with van der Waals surface area (Å²) in [6.07, 6.45) is 2.08. The summed E-state index contributed by atoms with van der Waals surface area (Å²) in [6, 6.07) is 8.71. The van der Waals surface area contributed by atoms with Crippen LogP contribution < -0.4 is 5.48 Å². The molecule has 1 fully saturated rings. The van der Waals surface area contributed by atoms with Crippen LogP contribution in [0.1, 0.15) is 24.3 Å². The minimum Gasteiger partial charge on any atom is -0.317 e. The highest BCUT2D eigenvalue weighted by Gasteiger charge is 2.29. The molecule has 1 saturated carbocycles. The van der Waals surface area contributed by atoms with Gasteiger partial charge in [0.15, 0.2) is 0 Å². The molecule has 0 atom stereocenters. The lowest BCUT2D eigenvalue weighted by Crippen LogP contribution is -2.37. The van der Waals surface area contributed by atoms with Crippen molar-refractivity contribution < 1.29 is 5.21 Å². The molecule has 70 valence electrons. The van der Waals surface area contributed by atoms with Gasteiger partial charge in [-0.2, -0.15) is 0 Å². The lowest BCUT2D eigenvalue weighted by Gasteiger charge is -2.34. The maximum absolute atomic E-state index is 8.64. The van der Waals surface area contributed by atoms with Crippen LogP contribution in [0.3, 0.4) is 0 Å². The highest BCUT2D eigenvalue weighted by Crippen LogP contribution is 2.36. The minimum atomic E-state index is 0.300. The van der Waals surface area contributed by atoms with Crippen LogP contribution in [0.4, 0.5) is 0 Å². The van der Waals surface area contributed by atoms with Gasteiger partial charge in [0.05, 0.1) is 0 Å². The van der Waals surface area contributed by atoms with E-state index in [2.05, 4.69) is 45.7 Å². The van der Waals surface area contributed by atoms with Gasteiger partial charge < -0.3 is 5.21 Å². The Kier molecular flexibility index (Phi) is 2.67. The molecule has 1 aliphatic rings. The van der Waals surface area contributed by atoms with Crippen LogP contribution in [0.25, 0.3) is 0 Å². The zero-order chi connectivity index (χ0) is 9.26. The van der Waals surface area contributed by atoms with Crippen molar-refractivity contribution in [3.8, 4) is 0 Å². The van der Waals surface area contributed by atoms with Gasteiger partial charge in [-0.05, 0) is 36.5 Å². The lowest BCUT2D eigenvalue weighted by atomic mass is 9.76. The van der Waals surface area contributed by atoms with Crippen molar-refractivity contribution in [3.63, 3.8) is 0 Å². The second-order valence-electron chi connectivity index (χ2n) is 3.55. The van der Waals surface area contributed by atoms with Crippen LogP contribution in [0.5, 0.6) is 0 Å². The first-order valence-electron chi connectivity index (χ1n) is 4.44. The van der Waals surface area contributed by atoms with Crippen molar-refractivity contribution in [1.29, 1.82) is 0 Å². The Bertz CT molecular complexity index is 279. The lowest BCUT2D eigenvalue weighted by molar-refractivity contribution is 0.0782. The van der Waals surface area contributed by atoms with Gasteiger partial charge in [0, 0.05) is 10.5 Å². The van der Waals surface area contributed by atoms with Crippen molar-refractivity contribution in [1.82, 2.24) is 5.48 Å². The Morgan fingerprint density at radius 2 is 1.85 bits per heavy atom. The highest BCUT2D eigenvalue weighted by atomic mass is 79.9. The number of hydrogen-bond donors (Lipinski definition) is 2. The quantitative estimate of drug-likeness (QED) is 0.781. The third-order valence-corrected chi connectivity index (χ3v) is 3.19. The van der Waals surface area contributed by atoms with E-state index in [0.717, 1.165) is 17.3 Å². The first kappa shape index (κ1) is 9.19. The number of halogens is 1. The molecule has 0 radical (unpaired) electrons. The maximum atomic E-state index is 8.64. The van der Waals surface area contributed by atoms with Crippen LogP contribution >= 0.6 is 15.9 Å². The van der Waals surface area contributed by atoms with Crippen molar-refractivity contribution in [3.05, 3.63) is 34.3 Å². The Morgan fingerprint density at radius 3 is 2.38 bits per heavy atom. The van der Waals surface area contributed by atoms with Crippen molar-refractivity contribution in [2.24, 2.45) is 0 Å². The molecular formula is C10H12BrNO. The molecule has 2 nitrogen and oxygen atoms in total. The molecule has 1 aromatic carbocycles. The summed E-state index contributed by atoms with van der Waals surface area (Å²) in [4.78, 5) is 0. The maximum Gasteiger partial charge on any atom is 0.0331 e. The molecule has 0 bridgehead atoms. The first-order valence-corrected chi connectivity index (χ1v) is 5.24. The van der Waals surface area contributed by atoms with Gasteiger partial charge in [0.2, 0.25) is 0 Å². The van der Waals surface area contributed by atoms with Crippen LogP contribution in [0, 0.1) is 0 Å². The standard InChI is InChI=1S/C10H12BrNO/c11-9-3-1-7(2-4-9)8-5-10(6-8)12-13/h1-4,8,10,12-13H,5-6H2. The molecule has 2 N–H and O–H groups in total. The van der Waals surface area contributed by atoms with Crippen LogP contribution in [0.15, 0.2) is 28.7 Å². The molecule has 13 heavy (non-hydrogen) atoms. The van der Waals surface area contributed by atoms with Gasteiger partial charge in [0.1, 0.15) is 0 Å². The monoisotopic (exact) mass is 241 g/mol. The minimum absolute atomic E-state index is 0.300. The summed E-state index contributed by atoms with van der Waals surface area (Å²) in [5, 5.41) is 8.64.